The molecular weight excluding hydrogens is 467 g/mol. The van der Waals surface area contributed by atoms with E-state index in [0.29, 0.717) is 28.5 Å². The van der Waals surface area contributed by atoms with E-state index in [1.54, 1.807) is 37.4 Å². The van der Waals surface area contributed by atoms with Crippen molar-refractivity contribution in [1.29, 1.82) is 0 Å². The predicted molar refractivity (Wildman–Crippen MR) is 129 cm³/mol. The number of halogens is 1. The molecule has 0 atom stereocenters. The molecule has 0 saturated heterocycles. The van der Waals surface area contributed by atoms with Gasteiger partial charge >= 0.3 is 0 Å². The molecule has 1 aliphatic rings. The van der Waals surface area contributed by atoms with E-state index in [4.69, 9.17) is 9.47 Å². The Morgan fingerprint density at radius 2 is 1.81 bits per heavy atom. The fraction of sp³-hybridized carbons (Fsp3) is 0.400. The van der Waals surface area contributed by atoms with E-state index in [1.165, 1.54) is 28.9 Å². The summed E-state index contributed by atoms with van der Waals surface area (Å²) in [7, 11) is 3.08. The first-order chi connectivity index (χ1) is 17.4. The van der Waals surface area contributed by atoms with Crippen LogP contribution in [0.3, 0.4) is 0 Å². The van der Waals surface area contributed by atoms with Crippen molar-refractivity contribution in [1.82, 2.24) is 30.4 Å². The van der Waals surface area contributed by atoms with Crippen molar-refractivity contribution in [3.05, 3.63) is 53.8 Å². The Labute approximate surface area is 208 Å². The number of tetrazole rings is 1. The molecule has 1 saturated carbocycles. The van der Waals surface area contributed by atoms with Gasteiger partial charge in [0.1, 0.15) is 12.4 Å². The van der Waals surface area contributed by atoms with Gasteiger partial charge in [-0.25, -0.2) is 4.39 Å². The van der Waals surface area contributed by atoms with Gasteiger partial charge in [0.05, 0.1) is 20.8 Å². The van der Waals surface area contributed by atoms with Gasteiger partial charge in [-0.2, -0.15) is 4.80 Å². The van der Waals surface area contributed by atoms with Crippen molar-refractivity contribution in [2.24, 2.45) is 0 Å². The summed E-state index contributed by atoms with van der Waals surface area (Å²) >= 11 is 0. The number of nitrogens with one attached hydrogen (secondary N) is 1. The summed E-state index contributed by atoms with van der Waals surface area (Å²) in [6, 6.07) is 11.2. The summed E-state index contributed by atoms with van der Waals surface area (Å²) in [5.41, 5.74) is 1.35. The van der Waals surface area contributed by atoms with Gasteiger partial charge < -0.3 is 19.7 Å². The van der Waals surface area contributed by atoms with Crippen LogP contribution in [-0.4, -0.2) is 63.7 Å². The summed E-state index contributed by atoms with van der Waals surface area (Å²) < 4.78 is 23.9. The van der Waals surface area contributed by atoms with Crippen molar-refractivity contribution >= 4 is 11.8 Å². The molecule has 1 aliphatic carbocycles. The third kappa shape index (κ3) is 6.35. The molecule has 4 rings (SSSR count). The van der Waals surface area contributed by atoms with Crippen molar-refractivity contribution in [3.8, 4) is 22.9 Å². The maximum Gasteiger partial charge on any atom is 0.247 e. The minimum absolute atomic E-state index is 0.121. The number of benzene rings is 2. The smallest absolute Gasteiger partial charge is 0.247 e. The van der Waals surface area contributed by atoms with Crippen LogP contribution in [0.25, 0.3) is 11.4 Å². The number of amides is 2. The van der Waals surface area contributed by atoms with Crippen molar-refractivity contribution < 1.29 is 23.5 Å². The largest absolute Gasteiger partial charge is 0.493 e. The molecule has 0 radical (unpaired) electrons. The van der Waals surface area contributed by atoms with Gasteiger partial charge in [-0.15, -0.1) is 10.2 Å². The number of rotatable bonds is 10. The Balaban J connectivity index is 1.47. The van der Waals surface area contributed by atoms with Crippen LogP contribution in [0.2, 0.25) is 0 Å². The third-order valence-corrected chi connectivity index (χ3v) is 6.07. The molecule has 0 bridgehead atoms. The molecule has 3 aromatic rings. The number of methoxy groups -OCH3 is 2. The van der Waals surface area contributed by atoms with Gasteiger partial charge in [0.15, 0.2) is 11.5 Å². The highest BCUT2D eigenvalue weighted by Crippen LogP contribution is 2.30. The quantitative estimate of drug-likeness (QED) is 0.459. The minimum Gasteiger partial charge on any atom is -0.493 e. The van der Waals surface area contributed by atoms with E-state index in [0.717, 1.165) is 25.7 Å². The van der Waals surface area contributed by atoms with Gasteiger partial charge in [-0.3, -0.25) is 9.59 Å². The molecule has 1 aromatic heterocycles. The molecule has 190 valence electrons. The number of ether oxygens (including phenoxy) is 2. The fourth-order valence-electron chi connectivity index (χ4n) is 4.18. The van der Waals surface area contributed by atoms with Crippen molar-refractivity contribution in [2.75, 3.05) is 20.8 Å². The topological polar surface area (TPSA) is 111 Å². The molecular formula is C25H29FN6O4. The fourth-order valence-corrected chi connectivity index (χ4v) is 4.18. The lowest BCUT2D eigenvalue weighted by atomic mass is 10.2. The van der Waals surface area contributed by atoms with Crippen LogP contribution in [0.15, 0.2) is 42.5 Å². The van der Waals surface area contributed by atoms with Crippen LogP contribution >= 0.6 is 0 Å². The average molecular weight is 497 g/mol. The summed E-state index contributed by atoms with van der Waals surface area (Å²) in [5, 5.41) is 15.4. The Bertz CT molecular complexity index is 1190. The lowest BCUT2D eigenvalue weighted by Gasteiger charge is -2.23. The zero-order valence-corrected chi connectivity index (χ0v) is 20.3. The van der Waals surface area contributed by atoms with Crippen LogP contribution in [0, 0.1) is 5.82 Å². The summed E-state index contributed by atoms with van der Waals surface area (Å²) in [6.07, 6.45) is 4.06. The van der Waals surface area contributed by atoms with E-state index in [1.807, 2.05) is 0 Å². The summed E-state index contributed by atoms with van der Waals surface area (Å²) in [4.78, 5) is 28.5. The molecule has 0 spiro atoms. The molecule has 10 nitrogen and oxygen atoms in total. The Morgan fingerprint density at radius 1 is 1.08 bits per heavy atom. The molecule has 36 heavy (non-hydrogen) atoms. The van der Waals surface area contributed by atoms with Crippen LogP contribution in [0.4, 0.5) is 4.39 Å². The average Bonchev–Trinajstić information content (AvgIpc) is 3.56. The van der Waals surface area contributed by atoms with Crippen LogP contribution < -0.4 is 14.8 Å². The summed E-state index contributed by atoms with van der Waals surface area (Å²) in [5.74, 6) is 0.433. The Morgan fingerprint density at radius 3 is 2.50 bits per heavy atom. The van der Waals surface area contributed by atoms with Crippen molar-refractivity contribution in [2.45, 2.75) is 44.8 Å². The number of hydrogen-bond acceptors (Lipinski definition) is 7. The second-order valence-electron chi connectivity index (χ2n) is 8.64. The monoisotopic (exact) mass is 496 g/mol. The lowest BCUT2D eigenvalue weighted by molar-refractivity contribution is -0.137. The Kier molecular flexibility index (Phi) is 8.09. The van der Waals surface area contributed by atoms with Gasteiger partial charge in [0.2, 0.25) is 17.6 Å². The zero-order valence-electron chi connectivity index (χ0n) is 20.3. The third-order valence-electron chi connectivity index (χ3n) is 6.07. The number of carbonyl (C=O) groups excluding carboxylic acids is 2. The van der Waals surface area contributed by atoms with E-state index in [-0.39, 0.29) is 43.3 Å². The minimum atomic E-state index is -0.370. The second kappa shape index (κ2) is 11.6. The maximum atomic E-state index is 13.4. The SMILES string of the molecule is COc1ccc(-c2nnn(CC(=O)N(CC(=O)NC3CCCC3)Cc3ccc(F)cc3)n2)cc1OC. The highest BCUT2D eigenvalue weighted by atomic mass is 19.1. The number of aromatic nitrogens is 4. The standard InChI is InChI=1S/C25H29FN6O4/c1-35-21-12-9-18(13-22(21)36-2)25-28-30-32(29-25)16-24(34)31(14-17-7-10-19(26)11-8-17)15-23(33)27-20-5-3-4-6-20/h7-13,20H,3-6,14-16H2,1-2H3,(H,27,33). The Hall–Kier alpha value is -4.02. The first-order valence-electron chi connectivity index (χ1n) is 11.8. The van der Waals surface area contributed by atoms with Crippen LogP contribution in [0.1, 0.15) is 31.2 Å². The zero-order chi connectivity index (χ0) is 25.5. The first-order valence-corrected chi connectivity index (χ1v) is 11.8. The molecule has 1 fully saturated rings. The summed E-state index contributed by atoms with van der Waals surface area (Å²) in [6.45, 7) is -0.184. The number of nitrogens with zero attached hydrogens (tertiary/aromatic N) is 5. The molecule has 0 aliphatic heterocycles. The molecule has 1 N–H and O–H groups in total. The second-order valence-corrected chi connectivity index (χ2v) is 8.64. The van der Waals surface area contributed by atoms with Gasteiger partial charge in [0, 0.05) is 18.2 Å². The van der Waals surface area contributed by atoms with E-state index < -0.39 is 0 Å². The maximum absolute atomic E-state index is 13.4. The lowest BCUT2D eigenvalue weighted by Crippen LogP contribution is -2.44. The van der Waals surface area contributed by atoms with Crippen LogP contribution in [-0.2, 0) is 22.7 Å². The molecule has 2 amide bonds. The predicted octanol–water partition coefficient (Wildman–Crippen LogP) is 2.58. The number of hydrogen-bond donors (Lipinski definition) is 1. The van der Waals surface area contributed by atoms with Gasteiger partial charge in [-0.05, 0) is 54.0 Å². The van der Waals surface area contributed by atoms with Crippen molar-refractivity contribution in [3.63, 3.8) is 0 Å². The normalized spacial score (nSPS) is 13.4. The van der Waals surface area contributed by atoms with E-state index in [9.17, 15) is 14.0 Å². The van der Waals surface area contributed by atoms with E-state index >= 15 is 0 Å². The first kappa shape index (κ1) is 25.1. The van der Waals surface area contributed by atoms with E-state index in [2.05, 4.69) is 20.7 Å². The van der Waals surface area contributed by atoms with Gasteiger partial charge in [0.25, 0.3) is 0 Å². The van der Waals surface area contributed by atoms with Gasteiger partial charge in [-0.1, -0.05) is 25.0 Å². The highest BCUT2D eigenvalue weighted by molar-refractivity contribution is 5.84. The molecule has 0 unspecified atom stereocenters. The number of carbonyl (C=O) groups is 2. The molecule has 11 heteroatoms. The van der Waals surface area contributed by atoms with Crippen LogP contribution in [0.5, 0.6) is 11.5 Å². The highest BCUT2D eigenvalue weighted by Gasteiger charge is 2.23. The molecule has 2 aromatic carbocycles. The molecule has 1 heterocycles.